The Morgan fingerprint density at radius 1 is 1.40 bits per heavy atom. The molecule has 4 nitrogen and oxygen atoms in total. The molecule has 4 heteroatoms. The highest BCUT2D eigenvalue weighted by Crippen LogP contribution is 2.21. The number of aryl methyl sites for hydroxylation is 1. The molecule has 20 heavy (non-hydrogen) atoms. The van der Waals surface area contributed by atoms with Gasteiger partial charge in [-0.3, -0.25) is 9.78 Å². The van der Waals surface area contributed by atoms with Gasteiger partial charge < -0.3 is 10.2 Å². The van der Waals surface area contributed by atoms with Gasteiger partial charge in [-0.15, -0.1) is 0 Å². The van der Waals surface area contributed by atoms with Crippen LogP contribution in [-0.2, 0) is 0 Å². The Morgan fingerprint density at radius 3 is 3.00 bits per heavy atom. The smallest absolute Gasteiger partial charge is 0.256 e. The summed E-state index contributed by atoms with van der Waals surface area (Å²) >= 11 is 0. The number of carbonyl (C=O) groups is 1. The topological polar surface area (TPSA) is 45.2 Å². The van der Waals surface area contributed by atoms with E-state index in [0.717, 1.165) is 41.7 Å². The Morgan fingerprint density at radius 2 is 2.20 bits per heavy atom. The van der Waals surface area contributed by atoms with Gasteiger partial charge in [0.05, 0.1) is 11.1 Å². The maximum Gasteiger partial charge on any atom is 0.256 e. The number of aromatic nitrogens is 1. The molecule has 1 aliphatic rings. The maximum absolute atomic E-state index is 12.7. The lowest BCUT2D eigenvalue weighted by atomic mass is 10.0. The highest BCUT2D eigenvalue weighted by atomic mass is 16.2. The zero-order chi connectivity index (χ0) is 14.1. The van der Waals surface area contributed by atoms with E-state index in [1.54, 1.807) is 6.20 Å². The van der Waals surface area contributed by atoms with Crippen LogP contribution < -0.4 is 5.32 Å². The lowest BCUT2D eigenvalue weighted by Crippen LogP contribution is -2.52. The van der Waals surface area contributed by atoms with Crippen LogP contribution in [0.15, 0.2) is 30.5 Å². The number of benzene rings is 1. The summed E-state index contributed by atoms with van der Waals surface area (Å²) in [4.78, 5) is 19.1. The molecule has 0 unspecified atom stereocenters. The predicted molar refractivity (Wildman–Crippen MR) is 79.8 cm³/mol. The monoisotopic (exact) mass is 269 g/mol. The molecule has 0 saturated carbocycles. The molecule has 1 N–H and O–H groups in total. The normalized spacial score (nSPS) is 19.3. The predicted octanol–water partition coefficient (Wildman–Crippen LogP) is 1.98. The average Bonchev–Trinajstić information content (AvgIpc) is 2.48. The maximum atomic E-state index is 12.7. The number of fused-ring (bicyclic) bond motifs is 1. The second kappa shape index (κ2) is 5.21. The van der Waals surface area contributed by atoms with Crippen molar-refractivity contribution in [1.82, 2.24) is 15.2 Å². The third-order valence-electron chi connectivity index (χ3n) is 4.04. The molecule has 3 rings (SSSR count). The Labute approximate surface area is 118 Å². The van der Waals surface area contributed by atoms with Gasteiger partial charge in [0, 0.05) is 37.3 Å². The van der Waals surface area contributed by atoms with E-state index in [0.29, 0.717) is 0 Å². The summed E-state index contributed by atoms with van der Waals surface area (Å²) in [6.07, 6.45) is 1.72. The molecule has 1 amide bonds. The molecule has 0 aliphatic carbocycles. The number of hydrogen-bond acceptors (Lipinski definition) is 3. The molecular formula is C16H19N3O. The Balaban J connectivity index is 2.01. The first-order valence-electron chi connectivity index (χ1n) is 7.04. The number of pyridine rings is 1. The number of amides is 1. The van der Waals surface area contributed by atoms with Gasteiger partial charge >= 0.3 is 0 Å². The van der Waals surface area contributed by atoms with Gasteiger partial charge in [0.15, 0.2) is 0 Å². The van der Waals surface area contributed by atoms with Crippen LogP contribution in [0, 0.1) is 6.92 Å². The van der Waals surface area contributed by atoms with E-state index in [4.69, 9.17) is 0 Å². The van der Waals surface area contributed by atoms with E-state index in [1.165, 1.54) is 0 Å². The highest BCUT2D eigenvalue weighted by molar-refractivity contribution is 6.00. The summed E-state index contributed by atoms with van der Waals surface area (Å²) < 4.78 is 0. The Hall–Kier alpha value is -1.94. The van der Waals surface area contributed by atoms with Crippen molar-refractivity contribution in [3.63, 3.8) is 0 Å². The second-order valence-electron chi connectivity index (χ2n) is 5.37. The number of carbonyl (C=O) groups excluding carboxylic acids is 1. The fourth-order valence-electron chi connectivity index (χ4n) is 2.79. The number of para-hydroxylation sites is 1. The van der Waals surface area contributed by atoms with Gasteiger partial charge in [-0.1, -0.05) is 18.2 Å². The summed E-state index contributed by atoms with van der Waals surface area (Å²) in [6.45, 7) is 6.55. The Bertz CT molecular complexity index is 653. The standard InChI is InChI=1S/C16H19N3O/c1-11-9-17-7-8-19(11)16(20)14-10-18-15-6-4-3-5-13(15)12(14)2/h3-6,10-11,17H,7-9H2,1-2H3/t11-/m0/s1. The van der Waals surface area contributed by atoms with Crippen LogP contribution in [0.4, 0.5) is 0 Å². The minimum atomic E-state index is 0.0924. The van der Waals surface area contributed by atoms with Crippen molar-refractivity contribution in [3.8, 4) is 0 Å². The van der Waals surface area contributed by atoms with Crippen LogP contribution in [-0.4, -0.2) is 41.5 Å². The van der Waals surface area contributed by atoms with Crippen molar-refractivity contribution in [2.75, 3.05) is 19.6 Å². The van der Waals surface area contributed by atoms with Crippen LogP contribution in [0.2, 0.25) is 0 Å². The lowest BCUT2D eigenvalue weighted by Gasteiger charge is -2.34. The molecule has 104 valence electrons. The molecule has 1 aromatic carbocycles. The third kappa shape index (κ3) is 2.16. The summed E-state index contributed by atoms with van der Waals surface area (Å²) in [7, 11) is 0. The zero-order valence-corrected chi connectivity index (χ0v) is 11.9. The van der Waals surface area contributed by atoms with Crippen LogP contribution in [0.3, 0.4) is 0 Å². The fourth-order valence-corrected chi connectivity index (χ4v) is 2.79. The molecule has 0 radical (unpaired) electrons. The molecule has 1 aliphatic heterocycles. The fraction of sp³-hybridized carbons (Fsp3) is 0.375. The van der Waals surface area contributed by atoms with Crippen LogP contribution >= 0.6 is 0 Å². The summed E-state index contributed by atoms with van der Waals surface area (Å²) in [6, 6.07) is 8.18. The minimum Gasteiger partial charge on any atom is -0.333 e. The molecule has 0 spiro atoms. The lowest BCUT2D eigenvalue weighted by molar-refractivity contribution is 0.0655. The number of nitrogens with one attached hydrogen (secondary N) is 1. The van der Waals surface area contributed by atoms with Crippen molar-refractivity contribution in [3.05, 3.63) is 41.6 Å². The first-order valence-corrected chi connectivity index (χ1v) is 7.04. The van der Waals surface area contributed by atoms with Crippen molar-refractivity contribution in [1.29, 1.82) is 0 Å². The van der Waals surface area contributed by atoms with Crippen molar-refractivity contribution >= 4 is 16.8 Å². The van der Waals surface area contributed by atoms with Gasteiger partial charge in [-0.2, -0.15) is 0 Å². The van der Waals surface area contributed by atoms with Crippen LogP contribution in [0.25, 0.3) is 10.9 Å². The molecule has 2 heterocycles. The zero-order valence-electron chi connectivity index (χ0n) is 11.9. The van der Waals surface area contributed by atoms with Gasteiger partial charge in [0.1, 0.15) is 0 Å². The van der Waals surface area contributed by atoms with Gasteiger partial charge in [0.2, 0.25) is 0 Å². The van der Waals surface area contributed by atoms with Crippen LogP contribution in [0.1, 0.15) is 22.8 Å². The summed E-state index contributed by atoms with van der Waals surface area (Å²) in [5.41, 5.74) is 2.68. The van der Waals surface area contributed by atoms with E-state index in [-0.39, 0.29) is 11.9 Å². The van der Waals surface area contributed by atoms with E-state index in [2.05, 4.69) is 17.2 Å². The van der Waals surface area contributed by atoms with Gasteiger partial charge in [-0.25, -0.2) is 0 Å². The first-order chi connectivity index (χ1) is 9.68. The summed E-state index contributed by atoms with van der Waals surface area (Å²) in [5.74, 6) is 0.0924. The molecule has 1 aromatic heterocycles. The molecule has 1 fully saturated rings. The van der Waals surface area contributed by atoms with Crippen molar-refractivity contribution in [2.24, 2.45) is 0 Å². The van der Waals surface area contributed by atoms with Gasteiger partial charge in [0.25, 0.3) is 5.91 Å². The summed E-state index contributed by atoms with van der Waals surface area (Å²) in [5, 5.41) is 4.36. The molecule has 0 bridgehead atoms. The first kappa shape index (κ1) is 13.1. The quantitative estimate of drug-likeness (QED) is 0.861. The van der Waals surface area contributed by atoms with Crippen LogP contribution in [0.5, 0.6) is 0 Å². The number of piperazine rings is 1. The number of hydrogen-bond donors (Lipinski definition) is 1. The van der Waals surface area contributed by atoms with E-state index >= 15 is 0 Å². The number of nitrogens with zero attached hydrogens (tertiary/aromatic N) is 2. The van der Waals surface area contributed by atoms with Crippen molar-refractivity contribution in [2.45, 2.75) is 19.9 Å². The van der Waals surface area contributed by atoms with E-state index in [9.17, 15) is 4.79 Å². The van der Waals surface area contributed by atoms with Crippen molar-refractivity contribution < 1.29 is 4.79 Å². The average molecular weight is 269 g/mol. The number of rotatable bonds is 1. The second-order valence-corrected chi connectivity index (χ2v) is 5.37. The highest BCUT2D eigenvalue weighted by Gasteiger charge is 2.25. The van der Waals surface area contributed by atoms with E-state index < -0.39 is 0 Å². The van der Waals surface area contributed by atoms with Gasteiger partial charge in [-0.05, 0) is 25.5 Å². The molecule has 2 aromatic rings. The van der Waals surface area contributed by atoms with E-state index in [1.807, 2.05) is 36.1 Å². The SMILES string of the molecule is Cc1c(C(=O)N2CCNC[C@@H]2C)cnc2ccccc12. The molecule has 1 saturated heterocycles. The Kier molecular flexibility index (Phi) is 3.40. The molecule has 1 atom stereocenters. The minimum absolute atomic E-state index is 0.0924. The largest absolute Gasteiger partial charge is 0.333 e. The molecular weight excluding hydrogens is 250 g/mol. The third-order valence-corrected chi connectivity index (χ3v) is 4.04.